The van der Waals surface area contributed by atoms with E-state index in [9.17, 15) is 9.18 Å². The predicted octanol–water partition coefficient (Wildman–Crippen LogP) is 4.27. The van der Waals surface area contributed by atoms with Crippen molar-refractivity contribution in [2.45, 2.75) is 51.7 Å². The lowest BCUT2D eigenvalue weighted by Gasteiger charge is -2.36. The maximum atomic E-state index is 15.0. The van der Waals surface area contributed by atoms with Crippen molar-refractivity contribution in [2.24, 2.45) is 5.73 Å². The zero-order valence-corrected chi connectivity index (χ0v) is 16.6. The van der Waals surface area contributed by atoms with Gasteiger partial charge in [0.1, 0.15) is 6.17 Å². The van der Waals surface area contributed by atoms with E-state index in [0.29, 0.717) is 26.5 Å². The fourth-order valence-corrected chi connectivity index (χ4v) is 5.70. The second kappa shape index (κ2) is 8.37. The van der Waals surface area contributed by atoms with Crippen molar-refractivity contribution in [1.82, 2.24) is 4.90 Å². The highest BCUT2D eigenvalue weighted by molar-refractivity contribution is 7.33. The summed E-state index contributed by atoms with van der Waals surface area (Å²) in [6.45, 7) is 6.41. The number of hydrogen-bond acceptors (Lipinski definition) is 2. The lowest BCUT2D eigenvalue weighted by atomic mass is 9.85. The van der Waals surface area contributed by atoms with Gasteiger partial charge < -0.3 is 5.73 Å². The smallest absolute Gasteiger partial charge is 0.252 e. The fourth-order valence-electron chi connectivity index (χ4n) is 4.16. The summed E-state index contributed by atoms with van der Waals surface area (Å²) in [5, 5.41) is 1.96. The lowest BCUT2D eigenvalue weighted by molar-refractivity contribution is 0.0994. The van der Waals surface area contributed by atoms with Gasteiger partial charge in [0, 0.05) is 25.6 Å². The van der Waals surface area contributed by atoms with Gasteiger partial charge in [0.05, 0.1) is 5.30 Å². The molecule has 2 N–H and O–H groups in total. The maximum Gasteiger partial charge on any atom is 0.252 e. The Labute approximate surface area is 156 Å². The summed E-state index contributed by atoms with van der Waals surface area (Å²) in [5.41, 5.74) is 9.04. The minimum absolute atomic E-state index is 0.249. The van der Waals surface area contributed by atoms with Crippen LogP contribution in [0.1, 0.15) is 58.3 Å². The predicted molar refractivity (Wildman–Crippen MR) is 107 cm³/mol. The van der Waals surface area contributed by atoms with Crippen LogP contribution in [0, 0.1) is 0 Å². The number of aryl methyl sites for hydroxylation is 1. The van der Waals surface area contributed by atoms with Crippen molar-refractivity contribution >= 4 is 14.1 Å². The van der Waals surface area contributed by atoms with Crippen LogP contribution in [0.3, 0.4) is 0 Å². The number of carbonyl (C=O) groups excluding carboxylic acids is 1. The molecule has 1 fully saturated rings. The van der Waals surface area contributed by atoms with Crippen LogP contribution in [-0.4, -0.2) is 30.1 Å². The molecule has 2 aromatic rings. The third-order valence-corrected chi connectivity index (χ3v) is 7.14. The highest BCUT2D eigenvalue weighted by atomic mass is 31.0. The number of hydrogen-bond donors (Lipinski definition) is 1. The first-order chi connectivity index (χ1) is 12.5. The van der Waals surface area contributed by atoms with E-state index in [1.54, 1.807) is 0 Å². The molecule has 1 saturated heterocycles. The van der Waals surface area contributed by atoms with Crippen LogP contribution in [0.2, 0.25) is 0 Å². The molecule has 0 bridgehead atoms. The Morgan fingerprint density at radius 3 is 2.62 bits per heavy atom. The number of halogens is 1. The summed E-state index contributed by atoms with van der Waals surface area (Å²) in [7, 11) is 0.318. The van der Waals surface area contributed by atoms with Gasteiger partial charge in [0.2, 0.25) is 0 Å². The molecule has 1 aliphatic rings. The summed E-state index contributed by atoms with van der Waals surface area (Å²) < 4.78 is 15.0. The van der Waals surface area contributed by atoms with E-state index in [1.165, 1.54) is 16.4 Å². The number of piperidine rings is 1. The van der Waals surface area contributed by atoms with Gasteiger partial charge in [-0.3, -0.25) is 9.69 Å². The summed E-state index contributed by atoms with van der Waals surface area (Å²) >= 11 is 0. The van der Waals surface area contributed by atoms with Gasteiger partial charge in [-0.25, -0.2) is 4.39 Å². The topological polar surface area (TPSA) is 46.3 Å². The second-order valence-corrected chi connectivity index (χ2v) is 8.43. The van der Waals surface area contributed by atoms with Crippen molar-refractivity contribution in [3.05, 3.63) is 57.6 Å². The largest absolute Gasteiger partial charge is 0.365 e. The molecule has 26 heavy (non-hydrogen) atoms. The Morgan fingerprint density at radius 1 is 1.27 bits per heavy atom. The summed E-state index contributed by atoms with van der Waals surface area (Å²) in [6, 6.07) is 10.3. The number of likely N-dealkylation sites (tertiary alicyclic amines) is 1. The molecular weight excluding hydrogens is 346 g/mol. The molecule has 140 valence electrons. The van der Waals surface area contributed by atoms with Crippen molar-refractivity contribution in [3.8, 4) is 0 Å². The van der Waals surface area contributed by atoms with Gasteiger partial charge >= 0.3 is 0 Å². The molecule has 0 aliphatic carbocycles. The third-order valence-electron chi connectivity index (χ3n) is 5.42. The maximum absolute atomic E-state index is 15.0. The van der Waals surface area contributed by atoms with Crippen LogP contribution in [0.25, 0.3) is 0 Å². The normalized spacial score (nSPS) is 21.3. The average Bonchev–Trinajstić information content (AvgIpc) is 3.03. The van der Waals surface area contributed by atoms with Crippen LogP contribution in [-0.2, 0) is 19.4 Å². The number of nitrogens with two attached hydrogens (primary N) is 1. The Hall–Kier alpha value is -1.64. The molecule has 3 nitrogen and oxygen atoms in total. The Kier molecular flexibility index (Phi) is 6.16. The number of benzene rings is 1. The van der Waals surface area contributed by atoms with E-state index in [-0.39, 0.29) is 11.8 Å². The molecular formula is C21H28FN2OP. The van der Waals surface area contributed by atoms with Gasteiger partial charge in [0.25, 0.3) is 5.91 Å². The molecule has 0 spiro atoms. The minimum Gasteiger partial charge on any atom is -0.365 e. The molecule has 1 aromatic heterocycles. The highest BCUT2D eigenvalue weighted by Crippen LogP contribution is 2.42. The SMILES string of the molecule is CCc1[pH]c(C(N)=O)c([C@@H]2CN(Cc3ccccc3)CC[C@H]2F)c1CC. The first-order valence-corrected chi connectivity index (χ1v) is 10.5. The monoisotopic (exact) mass is 374 g/mol. The minimum atomic E-state index is -0.908. The second-order valence-electron chi connectivity index (χ2n) is 7.07. The summed E-state index contributed by atoms with van der Waals surface area (Å²) in [5.74, 6) is -0.624. The van der Waals surface area contributed by atoms with E-state index in [2.05, 4.69) is 30.9 Å². The Bertz CT molecular complexity index is 759. The number of nitrogens with zero attached hydrogens (tertiary/aromatic N) is 1. The van der Waals surface area contributed by atoms with E-state index in [1.807, 2.05) is 18.2 Å². The highest BCUT2D eigenvalue weighted by Gasteiger charge is 2.35. The van der Waals surface area contributed by atoms with Crippen molar-refractivity contribution in [3.63, 3.8) is 0 Å². The summed E-state index contributed by atoms with van der Waals surface area (Å²) in [6.07, 6.45) is 1.34. The standard InChI is InChI=1S/C21H28FN2OP/c1-3-15-18(4-2)26-20(21(23)25)19(15)16-13-24(11-10-17(16)22)12-14-8-6-5-7-9-14/h5-9,16-17,26H,3-4,10-13H2,1-2H3,(H2,23,25)/t16-,17-/m1/s1. The van der Waals surface area contributed by atoms with Gasteiger partial charge in [-0.15, -0.1) is 8.19 Å². The molecule has 0 radical (unpaired) electrons. The number of amides is 1. The van der Waals surface area contributed by atoms with E-state index in [4.69, 9.17) is 5.73 Å². The molecule has 3 rings (SSSR count). The molecule has 1 aromatic carbocycles. The first kappa shape index (κ1) is 19.1. The quantitative estimate of drug-likeness (QED) is 0.821. The molecule has 1 amide bonds. The molecule has 3 atom stereocenters. The van der Waals surface area contributed by atoms with Crippen molar-refractivity contribution in [1.29, 1.82) is 0 Å². The van der Waals surface area contributed by atoms with Gasteiger partial charge in [0.15, 0.2) is 0 Å². The fraction of sp³-hybridized carbons (Fsp3) is 0.476. The number of rotatable bonds is 6. The summed E-state index contributed by atoms with van der Waals surface area (Å²) in [4.78, 5) is 14.4. The molecule has 1 unspecified atom stereocenters. The number of carbonyl (C=O) groups is 1. The van der Waals surface area contributed by atoms with E-state index < -0.39 is 6.17 Å². The molecule has 1 aliphatic heterocycles. The van der Waals surface area contributed by atoms with E-state index >= 15 is 0 Å². The van der Waals surface area contributed by atoms with Gasteiger partial charge in [-0.05, 0) is 41.2 Å². The van der Waals surface area contributed by atoms with Crippen LogP contribution >= 0.6 is 8.19 Å². The number of alkyl halides is 1. The first-order valence-electron chi connectivity index (χ1n) is 9.48. The van der Waals surface area contributed by atoms with Crippen molar-refractivity contribution < 1.29 is 9.18 Å². The lowest BCUT2D eigenvalue weighted by Crippen LogP contribution is -2.40. The Balaban J connectivity index is 1.91. The van der Waals surface area contributed by atoms with Crippen LogP contribution in [0.5, 0.6) is 0 Å². The van der Waals surface area contributed by atoms with Crippen LogP contribution in [0.15, 0.2) is 30.3 Å². The molecule has 0 saturated carbocycles. The van der Waals surface area contributed by atoms with Gasteiger partial charge in [-0.1, -0.05) is 44.2 Å². The van der Waals surface area contributed by atoms with Crippen molar-refractivity contribution in [2.75, 3.05) is 13.1 Å². The third kappa shape index (κ3) is 3.87. The number of primary amides is 1. The van der Waals surface area contributed by atoms with Crippen LogP contribution in [0.4, 0.5) is 4.39 Å². The molecule has 2 heterocycles. The Morgan fingerprint density at radius 2 is 2.00 bits per heavy atom. The molecule has 5 heteroatoms. The zero-order chi connectivity index (χ0) is 18.7. The van der Waals surface area contributed by atoms with Gasteiger partial charge in [-0.2, -0.15) is 0 Å². The van der Waals surface area contributed by atoms with E-state index in [0.717, 1.165) is 31.5 Å². The van der Waals surface area contributed by atoms with Crippen LogP contribution < -0.4 is 5.73 Å². The zero-order valence-electron chi connectivity index (χ0n) is 15.6. The average molecular weight is 374 g/mol.